The van der Waals surface area contributed by atoms with E-state index in [9.17, 15) is 14.7 Å². The molecule has 1 aromatic carbocycles. The molecule has 0 spiro atoms. The molecule has 1 aromatic rings. The molecule has 2 atom stereocenters. The number of hydrogen-bond donors (Lipinski definition) is 1. The van der Waals surface area contributed by atoms with E-state index in [2.05, 4.69) is 0 Å². The number of alkyl halides is 1. The Balaban J connectivity index is 3.21. The highest BCUT2D eigenvalue weighted by Gasteiger charge is 2.29. The monoisotopic (exact) mass is 462 g/mol. The summed E-state index contributed by atoms with van der Waals surface area (Å²) < 4.78 is 10.4. The summed E-state index contributed by atoms with van der Waals surface area (Å²) in [6.45, 7) is 12.2. The molecule has 140 valence electrons. The highest BCUT2D eigenvalue weighted by atomic mass is 127. The molecule has 0 aliphatic rings. The predicted octanol–water partition coefficient (Wildman–Crippen LogP) is 4.71. The summed E-state index contributed by atoms with van der Waals surface area (Å²) in [6, 6.07) is 5.05. The van der Waals surface area contributed by atoms with E-state index >= 15 is 0 Å². The average molecular weight is 462 g/mol. The van der Waals surface area contributed by atoms with Crippen LogP contribution in [0.3, 0.4) is 0 Å². The lowest BCUT2D eigenvalue weighted by Crippen LogP contribution is -2.27. The summed E-state index contributed by atoms with van der Waals surface area (Å²) in [4.78, 5) is 24.4. The second kappa shape index (κ2) is 8.03. The minimum Gasteiger partial charge on any atom is -0.446 e. The van der Waals surface area contributed by atoms with E-state index in [1.807, 2.05) is 22.6 Å². The number of rotatable bonds is 4. The number of esters is 2. The number of halogens is 1. The second-order valence-electron chi connectivity index (χ2n) is 8.08. The van der Waals surface area contributed by atoms with Gasteiger partial charge < -0.3 is 14.6 Å². The molecule has 25 heavy (non-hydrogen) atoms. The quantitative estimate of drug-likeness (QED) is 0.304. The van der Waals surface area contributed by atoms with Crippen molar-refractivity contribution in [1.29, 1.82) is 0 Å². The average Bonchev–Trinajstić information content (AvgIpc) is 2.44. The molecule has 0 saturated heterocycles. The van der Waals surface area contributed by atoms with E-state index in [0.717, 1.165) is 0 Å². The maximum Gasteiger partial charge on any atom is 0.316 e. The molecule has 1 rings (SSSR count). The van der Waals surface area contributed by atoms with Crippen LogP contribution in [0.15, 0.2) is 18.2 Å². The van der Waals surface area contributed by atoms with Crippen molar-refractivity contribution >= 4 is 34.5 Å². The van der Waals surface area contributed by atoms with Crippen LogP contribution in [0, 0.1) is 10.8 Å². The number of ether oxygens (including phenoxy) is 2. The third kappa shape index (κ3) is 6.26. The number of carbonyl (C=O) groups is 2. The van der Waals surface area contributed by atoms with Crippen molar-refractivity contribution < 1.29 is 24.2 Å². The first-order valence-corrected chi connectivity index (χ1v) is 9.37. The Bertz CT molecular complexity index is 638. The minimum atomic E-state index is -0.703. The fourth-order valence-corrected chi connectivity index (χ4v) is 2.42. The van der Waals surface area contributed by atoms with E-state index in [4.69, 9.17) is 9.47 Å². The van der Waals surface area contributed by atoms with Crippen LogP contribution in [0.5, 0.6) is 5.75 Å². The largest absolute Gasteiger partial charge is 0.446 e. The predicted molar refractivity (Wildman–Crippen MR) is 104 cm³/mol. The van der Waals surface area contributed by atoms with Crippen molar-refractivity contribution in [2.24, 2.45) is 10.8 Å². The van der Waals surface area contributed by atoms with Crippen LogP contribution in [0.25, 0.3) is 0 Å². The summed E-state index contributed by atoms with van der Waals surface area (Å²) in [5.41, 5.74) is -0.127. The Kier molecular flexibility index (Phi) is 7.03. The molecule has 5 nitrogen and oxygen atoms in total. The highest BCUT2D eigenvalue weighted by molar-refractivity contribution is 14.1. The number of aliphatic hydroxyl groups is 1. The molecule has 0 aliphatic heterocycles. The van der Waals surface area contributed by atoms with Crippen LogP contribution < -0.4 is 4.74 Å². The van der Waals surface area contributed by atoms with Gasteiger partial charge in [0.15, 0.2) is 4.11 Å². The highest BCUT2D eigenvalue weighted by Crippen LogP contribution is 2.37. The van der Waals surface area contributed by atoms with E-state index in [-0.39, 0.29) is 5.97 Å². The zero-order valence-corrected chi connectivity index (χ0v) is 18.0. The number of hydrogen-bond acceptors (Lipinski definition) is 5. The summed E-state index contributed by atoms with van der Waals surface area (Å²) in [5.74, 6) is -0.457. The molecule has 0 bridgehead atoms. The third-order valence-corrected chi connectivity index (χ3v) is 4.33. The smallest absolute Gasteiger partial charge is 0.316 e. The van der Waals surface area contributed by atoms with Gasteiger partial charge in [0.1, 0.15) is 5.75 Å². The zero-order valence-electron chi connectivity index (χ0n) is 15.8. The molecular formula is C19H27IO5. The van der Waals surface area contributed by atoms with Crippen molar-refractivity contribution in [3.8, 4) is 5.75 Å². The molecule has 0 radical (unpaired) electrons. The first-order valence-electron chi connectivity index (χ1n) is 8.13. The van der Waals surface area contributed by atoms with Crippen LogP contribution in [-0.2, 0) is 14.3 Å². The molecule has 2 unspecified atom stereocenters. The van der Waals surface area contributed by atoms with Gasteiger partial charge in [-0.3, -0.25) is 9.59 Å². The Hall–Kier alpha value is -1.15. The fraction of sp³-hybridized carbons (Fsp3) is 0.579. The van der Waals surface area contributed by atoms with E-state index in [1.54, 1.807) is 66.7 Å². The first kappa shape index (κ1) is 21.9. The van der Waals surface area contributed by atoms with Crippen molar-refractivity contribution in [2.75, 3.05) is 0 Å². The van der Waals surface area contributed by atoms with Crippen LogP contribution in [0.2, 0.25) is 0 Å². The Labute approximate surface area is 163 Å². The van der Waals surface area contributed by atoms with Gasteiger partial charge in [-0.05, 0) is 82.7 Å². The van der Waals surface area contributed by atoms with Gasteiger partial charge >= 0.3 is 11.9 Å². The van der Waals surface area contributed by atoms with Crippen LogP contribution in [-0.4, -0.2) is 17.0 Å². The maximum atomic E-state index is 12.3. The Morgan fingerprint density at radius 2 is 1.56 bits per heavy atom. The standard InChI is InChI=1S/C19H27IO5/c1-11(21)12-8-9-13(15(20)25-17(23)19(5,6)7)14(10-12)24-16(22)18(2,3)4/h8-11,15,21H,1-7H3. The molecule has 0 fully saturated rings. The lowest BCUT2D eigenvalue weighted by molar-refractivity contribution is -0.154. The maximum absolute atomic E-state index is 12.3. The lowest BCUT2D eigenvalue weighted by Gasteiger charge is -2.23. The molecular weight excluding hydrogens is 435 g/mol. The lowest BCUT2D eigenvalue weighted by atomic mass is 9.97. The van der Waals surface area contributed by atoms with Crippen molar-refractivity contribution in [3.63, 3.8) is 0 Å². The van der Waals surface area contributed by atoms with Gasteiger partial charge in [-0.15, -0.1) is 0 Å². The van der Waals surface area contributed by atoms with Crippen LogP contribution in [0.4, 0.5) is 0 Å². The molecule has 0 aromatic heterocycles. The summed E-state index contributed by atoms with van der Waals surface area (Å²) >= 11 is 1.99. The van der Waals surface area contributed by atoms with Gasteiger partial charge in [-0.1, -0.05) is 12.1 Å². The van der Waals surface area contributed by atoms with Gasteiger partial charge in [-0.25, -0.2) is 0 Å². The van der Waals surface area contributed by atoms with E-state index in [1.165, 1.54) is 0 Å². The summed E-state index contributed by atoms with van der Waals surface area (Å²) in [7, 11) is 0. The van der Waals surface area contributed by atoms with Crippen molar-refractivity contribution in [2.45, 2.75) is 58.7 Å². The normalized spacial score (nSPS) is 14.6. The number of aliphatic hydroxyl groups excluding tert-OH is 1. The van der Waals surface area contributed by atoms with Gasteiger partial charge in [0, 0.05) is 5.56 Å². The summed E-state index contributed by atoms with van der Waals surface area (Å²) in [6.07, 6.45) is -0.703. The van der Waals surface area contributed by atoms with E-state index < -0.39 is 27.0 Å². The van der Waals surface area contributed by atoms with Crippen molar-refractivity contribution in [3.05, 3.63) is 29.3 Å². The van der Waals surface area contributed by atoms with Crippen LogP contribution in [0.1, 0.15) is 69.8 Å². The second-order valence-corrected chi connectivity index (χ2v) is 9.22. The molecule has 6 heteroatoms. The van der Waals surface area contributed by atoms with Gasteiger partial charge in [-0.2, -0.15) is 0 Å². The number of benzene rings is 1. The molecule has 0 aliphatic carbocycles. The van der Waals surface area contributed by atoms with Gasteiger partial charge in [0.05, 0.1) is 16.9 Å². The van der Waals surface area contributed by atoms with Gasteiger partial charge in [0.2, 0.25) is 0 Å². The fourth-order valence-electron chi connectivity index (χ4n) is 1.67. The van der Waals surface area contributed by atoms with Gasteiger partial charge in [0.25, 0.3) is 0 Å². The Morgan fingerprint density at radius 3 is 2.00 bits per heavy atom. The molecule has 1 N–H and O–H groups in total. The Morgan fingerprint density at radius 1 is 1.04 bits per heavy atom. The first-order chi connectivity index (χ1) is 11.2. The van der Waals surface area contributed by atoms with Crippen LogP contribution >= 0.6 is 22.6 Å². The molecule has 0 heterocycles. The zero-order chi connectivity index (χ0) is 19.6. The molecule has 0 saturated carbocycles. The SMILES string of the molecule is CC(O)c1ccc(C(I)OC(=O)C(C)(C)C)c(OC(=O)C(C)(C)C)c1. The molecule has 0 amide bonds. The van der Waals surface area contributed by atoms with E-state index in [0.29, 0.717) is 16.9 Å². The minimum absolute atomic E-state index is 0.291. The van der Waals surface area contributed by atoms with Crippen molar-refractivity contribution in [1.82, 2.24) is 0 Å². The number of carbonyl (C=O) groups excluding carboxylic acids is 2. The summed E-state index contributed by atoms with van der Waals surface area (Å²) in [5, 5.41) is 9.80. The third-order valence-electron chi connectivity index (χ3n) is 3.40. The topological polar surface area (TPSA) is 72.8 Å².